The zero-order valence-corrected chi connectivity index (χ0v) is 8.60. The van der Waals surface area contributed by atoms with E-state index in [1.807, 2.05) is 0 Å². The molecule has 0 radical (unpaired) electrons. The molecule has 12 heavy (non-hydrogen) atoms. The highest BCUT2D eigenvalue weighted by atomic mass is 14.3. The van der Waals surface area contributed by atoms with E-state index in [2.05, 4.69) is 20.4 Å². The molecule has 70 valence electrons. The average molecular weight is 166 g/mol. The second kappa shape index (κ2) is 4.69. The van der Waals surface area contributed by atoms with Gasteiger partial charge in [-0.2, -0.15) is 0 Å². The summed E-state index contributed by atoms with van der Waals surface area (Å²) in [5, 5.41) is 0. The van der Waals surface area contributed by atoms with Gasteiger partial charge < -0.3 is 0 Å². The Hall–Kier alpha value is -0.260. The lowest BCUT2D eigenvalue weighted by atomic mass is 9.77. The Labute approximate surface area is 77.1 Å². The summed E-state index contributed by atoms with van der Waals surface area (Å²) in [6.07, 6.45) is 8.41. The van der Waals surface area contributed by atoms with E-state index in [9.17, 15) is 0 Å². The fourth-order valence-electron chi connectivity index (χ4n) is 2.29. The molecule has 0 aromatic rings. The van der Waals surface area contributed by atoms with E-state index in [4.69, 9.17) is 0 Å². The summed E-state index contributed by atoms with van der Waals surface area (Å²) in [4.78, 5) is 0. The van der Waals surface area contributed by atoms with Crippen LogP contribution in [0.4, 0.5) is 0 Å². The van der Waals surface area contributed by atoms with Crippen molar-refractivity contribution in [2.24, 2.45) is 11.8 Å². The summed E-state index contributed by atoms with van der Waals surface area (Å²) in [6.45, 7) is 8.74. The van der Waals surface area contributed by atoms with Crippen LogP contribution in [0.3, 0.4) is 0 Å². The Bertz CT molecular complexity index is 140. The third-order valence-corrected chi connectivity index (χ3v) is 3.46. The molecular weight excluding hydrogens is 144 g/mol. The first-order chi connectivity index (χ1) is 5.75. The van der Waals surface area contributed by atoms with Gasteiger partial charge in [-0.25, -0.2) is 0 Å². The van der Waals surface area contributed by atoms with Gasteiger partial charge in [-0.15, -0.1) is 0 Å². The second-order valence-corrected chi connectivity index (χ2v) is 4.20. The molecule has 1 fully saturated rings. The smallest absolute Gasteiger partial charge is 0.0206 e. The van der Waals surface area contributed by atoms with Crippen molar-refractivity contribution in [3.05, 3.63) is 12.2 Å². The van der Waals surface area contributed by atoms with Gasteiger partial charge in [0.1, 0.15) is 0 Å². The topological polar surface area (TPSA) is 0 Å². The Balaban J connectivity index is 2.39. The average Bonchev–Trinajstić information content (AvgIpc) is 2.17. The molecular formula is C12H22. The normalized spacial score (nSPS) is 22.2. The highest BCUT2D eigenvalue weighted by Crippen LogP contribution is 2.33. The molecule has 0 bridgehead atoms. The second-order valence-electron chi connectivity index (χ2n) is 4.20. The Morgan fingerprint density at radius 3 is 2.42 bits per heavy atom. The summed E-state index contributed by atoms with van der Waals surface area (Å²) in [5.41, 5.74) is 1.46. The van der Waals surface area contributed by atoms with Crippen molar-refractivity contribution in [2.45, 2.75) is 52.4 Å². The quantitative estimate of drug-likeness (QED) is 0.552. The Morgan fingerprint density at radius 1 is 1.33 bits per heavy atom. The molecule has 1 aliphatic carbocycles. The number of rotatable bonds is 3. The fraction of sp³-hybridized carbons (Fsp3) is 0.833. The van der Waals surface area contributed by atoms with Crippen molar-refractivity contribution in [3.63, 3.8) is 0 Å². The number of hydrogen-bond donors (Lipinski definition) is 0. The molecule has 0 nitrogen and oxygen atoms in total. The predicted octanol–water partition coefficient (Wildman–Crippen LogP) is 4.17. The van der Waals surface area contributed by atoms with Crippen LogP contribution < -0.4 is 0 Å². The molecule has 0 aromatic carbocycles. The van der Waals surface area contributed by atoms with Gasteiger partial charge in [0, 0.05) is 0 Å². The van der Waals surface area contributed by atoms with E-state index in [0.717, 1.165) is 18.3 Å². The van der Waals surface area contributed by atoms with Crippen LogP contribution in [-0.2, 0) is 0 Å². The molecule has 0 N–H and O–H groups in total. The van der Waals surface area contributed by atoms with Gasteiger partial charge in [-0.05, 0) is 31.1 Å². The van der Waals surface area contributed by atoms with E-state index in [-0.39, 0.29) is 0 Å². The lowest BCUT2D eigenvalue weighted by Crippen LogP contribution is -2.16. The van der Waals surface area contributed by atoms with E-state index < -0.39 is 0 Å². The minimum atomic E-state index is 0.773. The Kier molecular flexibility index (Phi) is 3.84. The first-order valence-electron chi connectivity index (χ1n) is 5.43. The van der Waals surface area contributed by atoms with Gasteiger partial charge >= 0.3 is 0 Å². The van der Waals surface area contributed by atoms with Crippen molar-refractivity contribution >= 4 is 0 Å². The SMILES string of the molecule is C=C(CC)C(C)C1CCCCC1. The highest BCUT2D eigenvalue weighted by Gasteiger charge is 2.20. The van der Waals surface area contributed by atoms with Gasteiger partial charge in [0.25, 0.3) is 0 Å². The molecule has 1 atom stereocenters. The summed E-state index contributed by atoms with van der Waals surface area (Å²) >= 11 is 0. The molecule has 1 unspecified atom stereocenters. The van der Waals surface area contributed by atoms with Crippen molar-refractivity contribution in [1.82, 2.24) is 0 Å². The third-order valence-electron chi connectivity index (χ3n) is 3.46. The van der Waals surface area contributed by atoms with E-state index >= 15 is 0 Å². The van der Waals surface area contributed by atoms with E-state index in [1.54, 1.807) is 0 Å². The summed E-state index contributed by atoms with van der Waals surface area (Å²) in [5.74, 6) is 1.72. The molecule has 0 amide bonds. The van der Waals surface area contributed by atoms with Crippen LogP contribution >= 0.6 is 0 Å². The van der Waals surface area contributed by atoms with Gasteiger partial charge in [0.2, 0.25) is 0 Å². The van der Waals surface area contributed by atoms with Crippen LogP contribution in [0.1, 0.15) is 52.4 Å². The molecule has 0 spiro atoms. The summed E-state index contributed by atoms with van der Waals surface area (Å²) < 4.78 is 0. The van der Waals surface area contributed by atoms with Crippen LogP contribution in [-0.4, -0.2) is 0 Å². The van der Waals surface area contributed by atoms with Crippen LogP contribution in [0, 0.1) is 11.8 Å². The largest absolute Gasteiger partial charge is 0.0996 e. The summed E-state index contributed by atoms with van der Waals surface area (Å²) in [6, 6.07) is 0. The van der Waals surface area contributed by atoms with E-state index in [0.29, 0.717) is 0 Å². The molecule has 1 saturated carbocycles. The Morgan fingerprint density at radius 2 is 1.92 bits per heavy atom. The highest BCUT2D eigenvalue weighted by molar-refractivity contribution is 5.00. The van der Waals surface area contributed by atoms with Crippen molar-refractivity contribution in [1.29, 1.82) is 0 Å². The minimum absolute atomic E-state index is 0.773. The monoisotopic (exact) mass is 166 g/mol. The standard InChI is InChI=1S/C12H22/c1-4-10(2)11(3)12-8-6-5-7-9-12/h11-12H,2,4-9H2,1,3H3. The first-order valence-corrected chi connectivity index (χ1v) is 5.43. The lowest BCUT2D eigenvalue weighted by Gasteiger charge is -2.28. The van der Waals surface area contributed by atoms with Crippen LogP contribution in [0.25, 0.3) is 0 Å². The van der Waals surface area contributed by atoms with Crippen molar-refractivity contribution in [3.8, 4) is 0 Å². The van der Waals surface area contributed by atoms with Gasteiger partial charge in [0.05, 0.1) is 0 Å². The maximum Gasteiger partial charge on any atom is -0.0206 e. The molecule has 0 aliphatic heterocycles. The van der Waals surface area contributed by atoms with Crippen molar-refractivity contribution in [2.75, 3.05) is 0 Å². The third kappa shape index (κ3) is 2.36. The number of allylic oxidation sites excluding steroid dienone is 1. The van der Waals surface area contributed by atoms with E-state index in [1.165, 1.54) is 37.7 Å². The van der Waals surface area contributed by atoms with Gasteiger partial charge in [-0.3, -0.25) is 0 Å². The molecule has 1 rings (SSSR count). The zero-order chi connectivity index (χ0) is 8.97. The van der Waals surface area contributed by atoms with Gasteiger partial charge in [0.15, 0.2) is 0 Å². The van der Waals surface area contributed by atoms with Crippen LogP contribution in [0.5, 0.6) is 0 Å². The molecule has 0 saturated heterocycles. The van der Waals surface area contributed by atoms with Crippen LogP contribution in [0.15, 0.2) is 12.2 Å². The predicted molar refractivity (Wildman–Crippen MR) is 55.2 cm³/mol. The van der Waals surface area contributed by atoms with Gasteiger partial charge in [-0.1, -0.05) is 45.3 Å². The lowest BCUT2D eigenvalue weighted by molar-refractivity contribution is 0.288. The maximum absolute atomic E-state index is 4.15. The molecule has 1 aliphatic rings. The molecule has 0 heterocycles. The minimum Gasteiger partial charge on any atom is -0.0996 e. The fourth-order valence-corrected chi connectivity index (χ4v) is 2.29. The van der Waals surface area contributed by atoms with Crippen molar-refractivity contribution < 1.29 is 0 Å². The maximum atomic E-state index is 4.15. The zero-order valence-electron chi connectivity index (χ0n) is 8.60. The van der Waals surface area contributed by atoms with Crippen LogP contribution in [0.2, 0.25) is 0 Å². The molecule has 0 aromatic heterocycles. The number of hydrogen-bond acceptors (Lipinski definition) is 0. The molecule has 0 heteroatoms. The first kappa shape index (κ1) is 9.83. The summed E-state index contributed by atoms with van der Waals surface area (Å²) in [7, 11) is 0.